The summed E-state index contributed by atoms with van der Waals surface area (Å²) in [5, 5.41) is 20.2. The monoisotopic (exact) mass is 491 g/mol. The van der Waals surface area contributed by atoms with Gasteiger partial charge < -0.3 is 5.32 Å². The van der Waals surface area contributed by atoms with E-state index >= 15 is 0 Å². The Morgan fingerprint density at radius 2 is 1.54 bits per heavy atom. The molecule has 0 aliphatic heterocycles. The van der Waals surface area contributed by atoms with Crippen molar-refractivity contribution in [2.45, 2.75) is 37.5 Å². The Morgan fingerprint density at radius 3 is 2.17 bits per heavy atom. The smallest absolute Gasteiger partial charge is 0.296 e. The van der Waals surface area contributed by atoms with Crippen LogP contribution in [0, 0.1) is 0 Å². The number of allylic oxidation sites excluding steroid dienone is 1. The first-order valence-electron chi connectivity index (χ1n) is 11.4. The van der Waals surface area contributed by atoms with Gasteiger partial charge in [-0.1, -0.05) is 38.0 Å². The molecule has 35 heavy (non-hydrogen) atoms. The highest BCUT2D eigenvalue weighted by Gasteiger charge is 2.14. The van der Waals surface area contributed by atoms with Crippen molar-refractivity contribution in [3.8, 4) is 0 Å². The molecule has 0 amide bonds. The van der Waals surface area contributed by atoms with Crippen LogP contribution in [0.1, 0.15) is 31.7 Å². The topological polar surface area (TPSA) is 116 Å². The van der Waals surface area contributed by atoms with Crippen molar-refractivity contribution >= 4 is 38.6 Å². The van der Waals surface area contributed by atoms with Crippen LogP contribution < -0.4 is 5.32 Å². The molecule has 0 spiro atoms. The molecule has 0 saturated heterocycles. The Balaban J connectivity index is 1.70. The summed E-state index contributed by atoms with van der Waals surface area (Å²) in [7, 11) is -4.39. The van der Waals surface area contributed by atoms with Crippen molar-refractivity contribution in [1.82, 2.24) is 0 Å². The Bertz CT molecular complexity index is 1300. The highest BCUT2D eigenvalue weighted by atomic mass is 32.2. The van der Waals surface area contributed by atoms with Gasteiger partial charge in [0, 0.05) is 12.2 Å². The lowest BCUT2D eigenvalue weighted by atomic mass is 10.1. The molecule has 0 unspecified atom stereocenters. The molecule has 0 aliphatic rings. The van der Waals surface area contributed by atoms with E-state index in [1.54, 1.807) is 30.3 Å². The van der Waals surface area contributed by atoms with Crippen LogP contribution in [0.4, 0.5) is 28.4 Å². The third-order valence-corrected chi connectivity index (χ3v) is 5.99. The first-order chi connectivity index (χ1) is 16.9. The van der Waals surface area contributed by atoms with E-state index in [1.165, 1.54) is 31.0 Å². The van der Waals surface area contributed by atoms with E-state index in [9.17, 15) is 13.0 Å². The molecule has 3 rings (SSSR count). The maximum atomic E-state index is 11.5. The number of unbranched alkanes of at least 4 members (excludes halogenated alkanes) is 2. The van der Waals surface area contributed by atoms with Crippen LogP contribution in [0.2, 0.25) is 0 Å². The lowest BCUT2D eigenvalue weighted by Crippen LogP contribution is -2.01. The van der Waals surface area contributed by atoms with Gasteiger partial charge in [-0.15, -0.1) is 11.7 Å². The van der Waals surface area contributed by atoms with Gasteiger partial charge in [0.25, 0.3) is 10.1 Å². The first-order valence-corrected chi connectivity index (χ1v) is 12.8. The average molecular weight is 492 g/mol. The van der Waals surface area contributed by atoms with Crippen molar-refractivity contribution < 1.29 is 13.0 Å². The minimum atomic E-state index is -4.39. The largest absolute Gasteiger partial charge is 0.385 e. The summed E-state index contributed by atoms with van der Waals surface area (Å²) in [4.78, 5) is -0.299. The first kappa shape index (κ1) is 25.9. The second kappa shape index (κ2) is 12.7. The van der Waals surface area contributed by atoms with Crippen LogP contribution in [-0.4, -0.2) is 19.5 Å². The predicted molar refractivity (Wildman–Crippen MR) is 139 cm³/mol. The number of benzene rings is 3. The van der Waals surface area contributed by atoms with Gasteiger partial charge in [-0.3, -0.25) is 4.55 Å². The van der Waals surface area contributed by atoms with Gasteiger partial charge in [-0.2, -0.15) is 23.8 Å². The second-order valence-corrected chi connectivity index (χ2v) is 9.22. The van der Waals surface area contributed by atoms with E-state index in [-0.39, 0.29) is 10.6 Å². The summed E-state index contributed by atoms with van der Waals surface area (Å²) < 4.78 is 32.3. The Hall–Kier alpha value is -3.69. The Kier molecular flexibility index (Phi) is 9.39. The Labute approximate surface area is 206 Å². The summed E-state index contributed by atoms with van der Waals surface area (Å²) in [6.45, 7) is 6.96. The number of hydrogen-bond acceptors (Lipinski definition) is 7. The fourth-order valence-corrected chi connectivity index (χ4v) is 3.91. The van der Waals surface area contributed by atoms with Gasteiger partial charge in [0.1, 0.15) is 10.6 Å². The molecule has 3 aromatic carbocycles. The van der Waals surface area contributed by atoms with Gasteiger partial charge in [-0.05, 0) is 73.0 Å². The fourth-order valence-electron chi connectivity index (χ4n) is 3.29. The van der Waals surface area contributed by atoms with Crippen molar-refractivity contribution in [1.29, 1.82) is 0 Å². The third kappa shape index (κ3) is 7.94. The van der Waals surface area contributed by atoms with E-state index in [0.717, 1.165) is 29.9 Å². The van der Waals surface area contributed by atoms with E-state index in [2.05, 4.69) is 45.3 Å². The van der Waals surface area contributed by atoms with Crippen LogP contribution in [-0.2, 0) is 16.5 Å². The summed E-state index contributed by atoms with van der Waals surface area (Å²) in [5.74, 6) is 0. The van der Waals surface area contributed by atoms with Crippen molar-refractivity contribution in [2.24, 2.45) is 20.5 Å². The number of nitrogens with one attached hydrogen (secondary N) is 1. The Morgan fingerprint density at radius 1 is 0.886 bits per heavy atom. The van der Waals surface area contributed by atoms with Crippen molar-refractivity contribution in [2.75, 3.05) is 11.9 Å². The van der Waals surface area contributed by atoms with Crippen molar-refractivity contribution in [3.05, 3.63) is 84.9 Å². The highest BCUT2D eigenvalue weighted by Crippen LogP contribution is 2.29. The van der Waals surface area contributed by atoms with Gasteiger partial charge in [-0.25, -0.2) is 0 Å². The molecule has 0 fully saturated rings. The predicted octanol–water partition coefficient (Wildman–Crippen LogP) is 8.09. The second-order valence-electron chi connectivity index (χ2n) is 7.83. The maximum absolute atomic E-state index is 11.5. The molecular formula is C26H29N5O3S. The summed E-state index contributed by atoms with van der Waals surface area (Å²) in [6.07, 6.45) is 6.06. The fraction of sp³-hybridized carbons (Fsp3) is 0.231. The van der Waals surface area contributed by atoms with Crippen LogP contribution in [0.25, 0.3) is 0 Å². The molecule has 182 valence electrons. The summed E-state index contributed by atoms with van der Waals surface area (Å²) >= 11 is 0. The minimum Gasteiger partial charge on any atom is -0.385 e. The van der Waals surface area contributed by atoms with E-state index in [0.29, 0.717) is 17.8 Å². The zero-order valence-corrected chi connectivity index (χ0v) is 20.4. The number of azo groups is 2. The van der Waals surface area contributed by atoms with Gasteiger partial charge >= 0.3 is 0 Å². The normalized spacial score (nSPS) is 11.8. The molecule has 0 bridgehead atoms. The molecule has 8 nitrogen and oxygen atoms in total. The van der Waals surface area contributed by atoms with Gasteiger partial charge in [0.05, 0.1) is 17.1 Å². The quantitative estimate of drug-likeness (QED) is 0.115. The van der Waals surface area contributed by atoms with E-state index < -0.39 is 10.1 Å². The molecule has 3 aromatic rings. The average Bonchev–Trinajstić information content (AvgIpc) is 2.85. The SMILES string of the molecule is C=CCc1cc(NCCCCC)ccc1/N=N/c1ccc(/N=N/c2ccccc2S(=O)(=O)O)cc1. The molecule has 9 heteroatoms. The number of nitrogens with zero attached hydrogens (tertiary/aromatic N) is 4. The number of rotatable bonds is 12. The summed E-state index contributed by atoms with van der Waals surface area (Å²) in [5.41, 5.74) is 4.05. The molecule has 0 aliphatic carbocycles. The maximum Gasteiger partial charge on any atom is 0.296 e. The number of hydrogen-bond donors (Lipinski definition) is 2. The summed E-state index contributed by atoms with van der Waals surface area (Å²) in [6, 6.07) is 18.7. The highest BCUT2D eigenvalue weighted by molar-refractivity contribution is 7.86. The van der Waals surface area contributed by atoms with Crippen LogP contribution in [0.3, 0.4) is 0 Å². The van der Waals surface area contributed by atoms with Crippen LogP contribution in [0.5, 0.6) is 0 Å². The van der Waals surface area contributed by atoms with Crippen molar-refractivity contribution in [3.63, 3.8) is 0 Å². The van der Waals surface area contributed by atoms with E-state index in [1.807, 2.05) is 18.2 Å². The molecule has 0 saturated carbocycles. The minimum absolute atomic E-state index is 0.0526. The molecule has 2 N–H and O–H groups in total. The zero-order valence-electron chi connectivity index (χ0n) is 19.6. The van der Waals surface area contributed by atoms with Gasteiger partial charge in [0.15, 0.2) is 0 Å². The van der Waals surface area contributed by atoms with Gasteiger partial charge in [0.2, 0.25) is 0 Å². The lowest BCUT2D eigenvalue weighted by Gasteiger charge is -2.09. The molecule has 0 heterocycles. The molecular weight excluding hydrogens is 462 g/mol. The zero-order chi connectivity index (χ0) is 25.1. The third-order valence-electron chi connectivity index (χ3n) is 5.09. The standard InChI is InChI=1S/C26H29N5O3S/c1-3-5-8-18-27-23-16-17-24(20(19-23)9-4-2)30-28-21-12-14-22(15-13-21)29-31-25-10-6-7-11-26(25)35(32,33)34/h4,6-7,10-17,19,27H,2-3,5,8-9,18H2,1H3,(H,32,33,34)/b30-28+,31-29+. The number of anilines is 1. The molecule has 0 atom stereocenters. The van der Waals surface area contributed by atoms with E-state index in [4.69, 9.17) is 0 Å². The van der Waals surface area contributed by atoms with Crippen LogP contribution >= 0.6 is 0 Å². The molecule has 0 radical (unpaired) electrons. The van der Waals surface area contributed by atoms with Crippen LogP contribution in [0.15, 0.2) is 105 Å². The lowest BCUT2D eigenvalue weighted by molar-refractivity contribution is 0.483. The molecule has 0 aromatic heterocycles.